The molecule has 0 radical (unpaired) electrons. The van der Waals surface area contributed by atoms with Crippen molar-refractivity contribution in [2.45, 2.75) is 58.7 Å². The first-order chi connectivity index (χ1) is 18.6. The lowest BCUT2D eigenvalue weighted by Gasteiger charge is -2.41. The summed E-state index contributed by atoms with van der Waals surface area (Å²) in [5.74, 6) is -0.788. The van der Waals surface area contributed by atoms with Gasteiger partial charge in [0.2, 0.25) is 0 Å². The second-order valence-corrected chi connectivity index (χ2v) is 11.2. The Morgan fingerprint density at radius 2 is 1.79 bits per heavy atom. The van der Waals surface area contributed by atoms with E-state index < -0.39 is 35.8 Å². The Hall–Kier alpha value is -3.40. The molecule has 210 valence electrons. The fraction of sp³-hybridized carbons (Fsp3) is 0.483. The molecule has 1 saturated heterocycles. The first-order valence-corrected chi connectivity index (χ1v) is 13.4. The fourth-order valence-corrected chi connectivity index (χ4v) is 5.01. The van der Waals surface area contributed by atoms with E-state index >= 15 is 0 Å². The molecule has 1 fully saturated rings. The molecule has 10 heteroatoms. The van der Waals surface area contributed by atoms with E-state index in [9.17, 15) is 18.0 Å². The highest BCUT2D eigenvalue weighted by Crippen LogP contribution is 2.39. The van der Waals surface area contributed by atoms with Crippen molar-refractivity contribution in [1.82, 2.24) is 24.6 Å². The minimum absolute atomic E-state index is 0.0289. The number of urea groups is 1. The number of nitrogens with zero attached hydrogens (tertiary/aromatic N) is 5. The molecule has 39 heavy (non-hydrogen) atoms. The zero-order chi connectivity index (χ0) is 28.2. The molecule has 1 aliphatic heterocycles. The van der Waals surface area contributed by atoms with Gasteiger partial charge in [-0.3, -0.25) is 0 Å². The fourth-order valence-electron chi connectivity index (χ4n) is 5.01. The molecule has 0 spiro atoms. The molecule has 2 N–H and O–H groups in total. The van der Waals surface area contributed by atoms with Crippen LogP contribution in [0.2, 0.25) is 0 Å². The van der Waals surface area contributed by atoms with E-state index in [1.54, 1.807) is 14.5 Å². The van der Waals surface area contributed by atoms with Crippen LogP contribution >= 0.6 is 0 Å². The van der Waals surface area contributed by atoms with Gasteiger partial charge in [0.05, 0.1) is 18.2 Å². The summed E-state index contributed by atoms with van der Waals surface area (Å²) < 4.78 is 43.9. The Bertz CT molecular complexity index is 1250. The number of benzene rings is 2. The third kappa shape index (κ3) is 6.79. The number of alkyl halides is 1. The van der Waals surface area contributed by atoms with E-state index in [0.29, 0.717) is 25.5 Å². The van der Waals surface area contributed by atoms with Crippen LogP contribution in [0.4, 0.5) is 18.0 Å². The van der Waals surface area contributed by atoms with Gasteiger partial charge < -0.3 is 15.5 Å². The lowest BCUT2D eigenvalue weighted by atomic mass is 9.84. The number of likely N-dealkylation sites (tertiary alicyclic amines) is 1. The van der Waals surface area contributed by atoms with Crippen molar-refractivity contribution < 1.29 is 18.0 Å². The van der Waals surface area contributed by atoms with Gasteiger partial charge in [-0.25, -0.2) is 27.6 Å². The third-order valence-corrected chi connectivity index (χ3v) is 6.98. The lowest BCUT2D eigenvalue weighted by Crippen LogP contribution is -2.49. The van der Waals surface area contributed by atoms with Crippen LogP contribution in [0.15, 0.2) is 48.5 Å². The van der Waals surface area contributed by atoms with E-state index in [1.165, 1.54) is 0 Å². The molecule has 0 unspecified atom stereocenters. The molecule has 0 saturated carbocycles. The van der Waals surface area contributed by atoms with E-state index in [4.69, 9.17) is 10.7 Å². The minimum atomic E-state index is -0.710. The van der Waals surface area contributed by atoms with Gasteiger partial charge in [0.1, 0.15) is 18.3 Å². The minimum Gasteiger partial charge on any atom is -0.325 e. The number of carbonyl (C=O) groups excluding carboxylic acids is 1. The molecule has 7 nitrogen and oxygen atoms in total. The second-order valence-electron chi connectivity index (χ2n) is 11.2. The molecule has 0 bridgehead atoms. The number of hydrogen-bond donors (Lipinski definition) is 1. The standard InChI is InChI=1S/C29H37F3N6O/c1-29(2,3)25(37(16-13-22(33)18-30)28(39)36-14-7-8-15-36)27-34-26(23-17-21(31)11-12-24(23)32)35-38(27)19-20-9-5-4-6-10-20/h4-6,9-12,17,22,25H,7-8,13-16,18-19,33H2,1-3H3/t22-,25+/m1/s1. The maximum Gasteiger partial charge on any atom is 0.320 e. The number of halogens is 3. The van der Waals surface area contributed by atoms with Crippen molar-refractivity contribution in [2.75, 3.05) is 26.3 Å². The van der Waals surface area contributed by atoms with Crippen LogP contribution in [0.1, 0.15) is 57.5 Å². The largest absolute Gasteiger partial charge is 0.325 e. The van der Waals surface area contributed by atoms with Crippen LogP contribution < -0.4 is 5.73 Å². The topological polar surface area (TPSA) is 80.3 Å². The van der Waals surface area contributed by atoms with Gasteiger partial charge >= 0.3 is 6.03 Å². The van der Waals surface area contributed by atoms with Crippen molar-refractivity contribution in [3.05, 3.63) is 71.6 Å². The SMILES string of the molecule is CC(C)(C)[C@H](c1nc(-c2cc(F)ccc2F)nn1Cc1ccccc1)N(CC[C@@H](N)CF)C(=O)N1CCCC1. The molecule has 2 heterocycles. The van der Waals surface area contributed by atoms with Gasteiger partial charge in [-0.1, -0.05) is 51.1 Å². The van der Waals surface area contributed by atoms with Crippen molar-refractivity contribution in [2.24, 2.45) is 11.1 Å². The Morgan fingerprint density at radius 1 is 1.10 bits per heavy atom. The summed E-state index contributed by atoms with van der Waals surface area (Å²) in [7, 11) is 0. The summed E-state index contributed by atoms with van der Waals surface area (Å²) in [6.45, 7) is 7.06. The monoisotopic (exact) mass is 542 g/mol. The molecule has 2 aromatic carbocycles. The lowest BCUT2D eigenvalue weighted by molar-refractivity contribution is 0.0849. The van der Waals surface area contributed by atoms with Gasteiger partial charge in [0.15, 0.2) is 11.6 Å². The van der Waals surface area contributed by atoms with Crippen molar-refractivity contribution in [3.8, 4) is 11.4 Å². The Balaban J connectivity index is 1.86. The number of hydrogen-bond acceptors (Lipinski definition) is 4. The predicted octanol–water partition coefficient (Wildman–Crippen LogP) is 5.56. The Morgan fingerprint density at radius 3 is 2.44 bits per heavy atom. The molecule has 1 aliphatic rings. The zero-order valence-electron chi connectivity index (χ0n) is 22.8. The summed E-state index contributed by atoms with van der Waals surface area (Å²) in [6.07, 6.45) is 2.09. The number of carbonyl (C=O) groups is 1. The quantitative estimate of drug-likeness (QED) is 0.384. The van der Waals surface area contributed by atoms with Crippen LogP contribution in [0.5, 0.6) is 0 Å². The molecule has 0 aliphatic carbocycles. The van der Waals surface area contributed by atoms with Gasteiger partial charge in [-0.05, 0) is 48.4 Å². The maximum atomic E-state index is 14.8. The van der Waals surface area contributed by atoms with Crippen molar-refractivity contribution >= 4 is 6.03 Å². The van der Waals surface area contributed by atoms with Gasteiger partial charge in [0, 0.05) is 25.7 Å². The average Bonchev–Trinajstić information content (AvgIpc) is 3.58. The average molecular weight is 543 g/mol. The van der Waals surface area contributed by atoms with E-state index in [1.807, 2.05) is 51.1 Å². The summed E-state index contributed by atoms with van der Waals surface area (Å²) in [6, 6.07) is 11.3. The van der Waals surface area contributed by atoms with Gasteiger partial charge in [-0.2, -0.15) is 5.10 Å². The highest BCUT2D eigenvalue weighted by molar-refractivity contribution is 5.75. The third-order valence-electron chi connectivity index (χ3n) is 6.98. The van der Waals surface area contributed by atoms with E-state index in [-0.39, 0.29) is 30.4 Å². The number of amides is 2. The molecule has 2 amide bonds. The molecule has 3 aromatic rings. The van der Waals surface area contributed by atoms with Gasteiger partial charge in [-0.15, -0.1) is 0 Å². The van der Waals surface area contributed by atoms with Crippen LogP contribution in [-0.4, -0.2) is 62.9 Å². The zero-order valence-corrected chi connectivity index (χ0v) is 22.8. The predicted molar refractivity (Wildman–Crippen MR) is 145 cm³/mol. The molecular weight excluding hydrogens is 505 g/mol. The summed E-state index contributed by atoms with van der Waals surface area (Å²) in [5.41, 5.74) is 6.25. The second kappa shape index (κ2) is 12.2. The summed E-state index contributed by atoms with van der Waals surface area (Å²) in [4.78, 5) is 22.2. The molecular formula is C29H37F3N6O. The smallest absolute Gasteiger partial charge is 0.320 e. The Kier molecular flexibility index (Phi) is 8.94. The summed E-state index contributed by atoms with van der Waals surface area (Å²) in [5, 5.41) is 4.63. The number of aromatic nitrogens is 3. The number of nitrogens with two attached hydrogens (primary N) is 1. The first kappa shape index (κ1) is 28.6. The van der Waals surface area contributed by atoms with Crippen LogP contribution in [0.3, 0.4) is 0 Å². The highest BCUT2D eigenvalue weighted by Gasteiger charge is 2.41. The highest BCUT2D eigenvalue weighted by atomic mass is 19.1. The van der Waals surface area contributed by atoms with Crippen molar-refractivity contribution in [1.29, 1.82) is 0 Å². The molecule has 4 rings (SSSR count). The van der Waals surface area contributed by atoms with Crippen LogP contribution in [0.25, 0.3) is 11.4 Å². The molecule has 1 aromatic heterocycles. The van der Waals surface area contributed by atoms with E-state index in [2.05, 4.69) is 5.10 Å². The number of rotatable bonds is 9. The Labute approximate surface area is 227 Å². The maximum absolute atomic E-state index is 14.8. The first-order valence-electron chi connectivity index (χ1n) is 13.4. The van der Waals surface area contributed by atoms with Crippen LogP contribution in [0, 0.1) is 17.0 Å². The normalized spacial score (nSPS) is 15.4. The van der Waals surface area contributed by atoms with Crippen LogP contribution in [-0.2, 0) is 6.54 Å². The molecule has 2 atom stereocenters. The summed E-state index contributed by atoms with van der Waals surface area (Å²) >= 11 is 0. The van der Waals surface area contributed by atoms with E-state index in [0.717, 1.165) is 36.6 Å². The van der Waals surface area contributed by atoms with Gasteiger partial charge in [0.25, 0.3) is 0 Å². The van der Waals surface area contributed by atoms with Crippen molar-refractivity contribution in [3.63, 3.8) is 0 Å².